The van der Waals surface area contributed by atoms with Gasteiger partial charge in [0.2, 0.25) is 10.0 Å². The van der Waals surface area contributed by atoms with Crippen LogP contribution in [0.25, 0.3) is 0 Å². The summed E-state index contributed by atoms with van der Waals surface area (Å²) >= 11 is 5.57. The van der Waals surface area contributed by atoms with E-state index in [1.54, 1.807) is 6.20 Å². The van der Waals surface area contributed by atoms with E-state index in [2.05, 4.69) is 26.9 Å². The lowest BCUT2D eigenvalue weighted by molar-refractivity contribution is -0.137. The predicted octanol–water partition coefficient (Wildman–Crippen LogP) is 4.01. The largest absolute Gasteiger partial charge is 0.464 e. The standard InChI is InChI=1S/C11H17N3O2.C8H7ClF3NO2S/c1-3-4-5-6-13-10-9(11(15)16-2)12-7-8-14-10;9-7-2-1-6(8(10,11)12)3-5(7)4-16(13,14)15/h7-8H,3-6H2,1-2H3,(H,13,14);1-3H,4H2,(H2,13,14,15). The summed E-state index contributed by atoms with van der Waals surface area (Å²) in [7, 11) is -2.58. The van der Waals surface area contributed by atoms with E-state index < -0.39 is 33.5 Å². The summed E-state index contributed by atoms with van der Waals surface area (Å²) in [5.41, 5.74) is -0.893. The van der Waals surface area contributed by atoms with Crippen molar-refractivity contribution in [3.05, 3.63) is 52.4 Å². The van der Waals surface area contributed by atoms with Gasteiger partial charge in [-0.3, -0.25) is 0 Å². The fourth-order valence-corrected chi connectivity index (χ4v) is 3.31. The average molecular weight is 497 g/mol. The van der Waals surface area contributed by atoms with E-state index >= 15 is 0 Å². The van der Waals surface area contributed by atoms with Crippen molar-refractivity contribution in [2.75, 3.05) is 19.0 Å². The molecule has 0 saturated heterocycles. The van der Waals surface area contributed by atoms with Crippen molar-refractivity contribution in [2.45, 2.75) is 38.1 Å². The molecule has 3 N–H and O–H groups in total. The number of alkyl halides is 3. The first-order valence-corrected chi connectivity index (χ1v) is 11.5. The number of unbranched alkanes of at least 4 members (excludes halogenated alkanes) is 2. The van der Waals surface area contributed by atoms with Crippen molar-refractivity contribution in [1.82, 2.24) is 9.97 Å². The number of esters is 1. The van der Waals surface area contributed by atoms with Crippen molar-refractivity contribution in [3.63, 3.8) is 0 Å². The Hall–Kier alpha value is -2.44. The Balaban J connectivity index is 0.000000320. The SMILES string of the molecule is CCCCCNc1nccnc1C(=O)OC.NS(=O)(=O)Cc1cc(C(F)(F)F)ccc1Cl. The molecule has 1 aromatic heterocycles. The van der Waals surface area contributed by atoms with Gasteiger partial charge in [-0.15, -0.1) is 0 Å². The number of ether oxygens (including phenoxy) is 1. The monoisotopic (exact) mass is 496 g/mol. The second kappa shape index (κ2) is 12.6. The summed E-state index contributed by atoms with van der Waals surface area (Å²) in [6.45, 7) is 2.93. The molecule has 0 bridgehead atoms. The van der Waals surface area contributed by atoms with Crippen LogP contribution in [0.3, 0.4) is 0 Å². The molecule has 0 atom stereocenters. The van der Waals surface area contributed by atoms with Crippen molar-refractivity contribution >= 4 is 33.4 Å². The molecule has 2 aromatic rings. The molecule has 0 amide bonds. The minimum absolute atomic E-state index is 0.0676. The minimum atomic E-state index is -4.54. The van der Waals surface area contributed by atoms with Crippen LogP contribution in [-0.4, -0.2) is 38.0 Å². The summed E-state index contributed by atoms with van der Waals surface area (Å²) in [5.74, 6) is -0.702. The molecule has 1 aromatic carbocycles. The highest BCUT2D eigenvalue weighted by atomic mass is 35.5. The molecule has 13 heteroatoms. The molecule has 0 spiro atoms. The normalized spacial score (nSPS) is 11.3. The highest BCUT2D eigenvalue weighted by Gasteiger charge is 2.31. The Morgan fingerprint density at radius 3 is 2.44 bits per heavy atom. The van der Waals surface area contributed by atoms with Gasteiger partial charge in [-0.1, -0.05) is 31.4 Å². The molecule has 0 saturated carbocycles. The first-order chi connectivity index (χ1) is 14.9. The number of hydrogen-bond donors (Lipinski definition) is 2. The molecule has 0 aliphatic carbocycles. The van der Waals surface area contributed by atoms with Crippen LogP contribution in [0.1, 0.15) is 47.8 Å². The van der Waals surface area contributed by atoms with E-state index in [4.69, 9.17) is 16.7 Å². The number of benzene rings is 1. The van der Waals surface area contributed by atoms with Crippen molar-refractivity contribution in [3.8, 4) is 0 Å². The molecule has 0 radical (unpaired) electrons. The minimum Gasteiger partial charge on any atom is -0.464 e. The van der Waals surface area contributed by atoms with Gasteiger partial charge in [0.1, 0.15) is 0 Å². The first kappa shape index (κ1) is 27.6. The molecule has 0 aliphatic heterocycles. The number of nitrogens with one attached hydrogen (secondary N) is 1. The lowest BCUT2D eigenvalue weighted by Gasteiger charge is -2.09. The highest BCUT2D eigenvalue weighted by molar-refractivity contribution is 7.88. The fraction of sp³-hybridized carbons (Fsp3) is 0.421. The van der Waals surface area contributed by atoms with Gasteiger partial charge < -0.3 is 10.1 Å². The third-order valence-electron chi connectivity index (χ3n) is 3.88. The lowest BCUT2D eigenvalue weighted by atomic mass is 10.1. The van der Waals surface area contributed by atoms with Crippen LogP contribution < -0.4 is 10.5 Å². The van der Waals surface area contributed by atoms with E-state index in [9.17, 15) is 26.4 Å². The number of anilines is 1. The maximum Gasteiger partial charge on any atom is 0.416 e. The highest BCUT2D eigenvalue weighted by Crippen LogP contribution is 2.32. The van der Waals surface area contributed by atoms with Gasteiger partial charge in [-0.05, 0) is 30.2 Å². The zero-order valence-corrected chi connectivity index (χ0v) is 19.0. The molecule has 0 aliphatic rings. The Kier molecular flexibility index (Phi) is 10.8. The van der Waals surface area contributed by atoms with Crippen LogP contribution in [0.15, 0.2) is 30.6 Å². The predicted molar refractivity (Wildman–Crippen MR) is 115 cm³/mol. The zero-order valence-electron chi connectivity index (χ0n) is 17.4. The van der Waals surface area contributed by atoms with Crippen molar-refractivity contribution in [2.24, 2.45) is 5.14 Å². The lowest BCUT2D eigenvalue weighted by Crippen LogP contribution is -2.15. The summed E-state index contributed by atoms with van der Waals surface area (Å²) in [6, 6.07) is 2.44. The summed E-state index contributed by atoms with van der Waals surface area (Å²) < 4.78 is 63.1. The maximum atomic E-state index is 12.3. The van der Waals surface area contributed by atoms with E-state index in [0.717, 1.165) is 37.9 Å². The molecule has 2 rings (SSSR count). The maximum absolute atomic E-state index is 12.3. The number of hydrogen-bond acceptors (Lipinski definition) is 7. The fourth-order valence-electron chi connectivity index (χ4n) is 2.37. The number of nitrogens with zero attached hydrogens (tertiary/aromatic N) is 2. The number of primary sulfonamides is 1. The number of carbonyl (C=O) groups excluding carboxylic acids is 1. The molecular formula is C19H24ClF3N4O4S. The van der Waals surface area contributed by atoms with Gasteiger partial charge in [0.25, 0.3) is 0 Å². The summed E-state index contributed by atoms with van der Waals surface area (Å²) in [4.78, 5) is 19.4. The molecule has 1 heterocycles. The molecule has 32 heavy (non-hydrogen) atoms. The van der Waals surface area contributed by atoms with Crippen LogP contribution in [0.5, 0.6) is 0 Å². The molecule has 0 fully saturated rings. The summed E-state index contributed by atoms with van der Waals surface area (Å²) in [6.07, 6.45) is 1.84. The van der Waals surface area contributed by atoms with E-state index in [1.165, 1.54) is 13.3 Å². The molecule has 0 unspecified atom stereocenters. The van der Waals surface area contributed by atoms with Crippen LogP contribution in [0, 0.1) is 0 Å². The quantitative estimate of drug-likeness (QED) is 0.418. The Morgan fingerprint density at radius 1 is 1.22 bits per heavy atom. The third kappa shape index (κ3) is 9.79. The summed E-state index contributed by atoms with van der Waals surface area (Å²) in [5, 5.41) is 7.75. The number of nitrogens with two attached hydrogens (primary N) is 1. The number of rotatable bonds is 8. The molecule has 8 nitrogen and oxygen atoms in total. The number of carbonyl (C=O) groups is 1. The molecule has 178 valence electrons. The molecular weight excluding hydrogens is 473 g/mol. The first-order valence-electron chi connectivity index (χ1n) is 9.38. The zero-order chi connectivity index (χ0) is 24.4. The van der Waals surface area contributed by atoms with Crippen LogP contribution in [0.2, 0.25) is 5.02 Å². The Labute approximate surface area is 189 Å². The number of halogens is 4. The van der Waals surface area contributed by atoms with Crippen LogP contribution >= 0.6 is 11.6 Å². The average Bonchev–Trinajstić information content (AvgIpc) is 2.71. The smallest absolute Gasteiger partial charge is 0.416 e. The topological polar surface area (TPSA) is 124 Å². The second-order valence-corrected chi connectivity index (χ2v) is 8.51. The number of aromatic nitrogens is 2. The van der Waals surface area contributed by atoms with Crippen LogP contribution in [-0.2, 0) is 26.7 Å². The third-order valence-corrected chi connectivity index (χ3v) is 4.96. The van der Waals surface area contributed by atoms with E-state index in [0.29, 0.717) is 11.9 Å². The van der Waals surface area contributed by atoms with Gasteiger partial charge in [0.05, 0.1) is 18.4 Å². The van der Waals surface area contributed by atoms with Crippen molar-refractivity contribution in [1.29, 1.82) is 0 Å². The Morgan fingerprint density at radius 2 is 1.88 bits per heavy atom. The van der Waals surface area contributed by atoms with Gasteiger partial charge in [0.15, 0.2) is 11.5 Å². The Bertz CT molecular complexity index is 1000. The number of sulfonamides is 1. The van der Waals surface area contributed by atoms with Crippen molar-refractivity contribution < 1.29 is 31.1 Å². The van der Waals surface area contributed by atoms with Gasteiger partial charge >= 0.3 is 12.1 Å². The number of methoxy groups -OCH3 is 1. The van der Waals surface area contributed by atoms with E-state index in [-0.39, 0.29) is 16.3 Å². The van der Waals surface area contributed by atoms with Gasteiger partial charge in [-0.25, -0.2) is 28.3 Å². The second-order valence-electron chi connectivity index (χ2n) is 6.49. The van der Waals surface area contributed by atoms with Gasteiger partial charge in [-0.2, -0.15) is 13.2 Å². The van der Waals surface area contributed by atoms with Gasteiger partial charge in [0, 0.05) is 24.0 Å². The van der Waals surface area contributed by atoms with Crippen LogP contribution in [0.4, 0.5) is 19.0 Å². The van der Waals surface area contributed by atoms with E-state index in [1.807, 2.05) is 0 Å².